The standard InChI is InChI=1S/C17H26N2O2/c1-3-11-19-16-10-6-5-9-15(16)18-17(19)13-14(20)8-7-12-21-4-2/h5-6,9-10,14,20H,3-4,7-8,11-13H2,1-2H3. The summed E-state index contributed by atoms with van der Waals surface area (Å²) in [5.74, 6) is 0.988. The third-order valence-electron chi connectivity index (χ3n) is 3.63. The largest absolute Gasteiger partial charge is 0.393 e. The molecule has 2 rings (SSSR count). The first-order valence-electron chi connectivity index (χ1n) is 7.96. The minimum Gasteiger partial charge on any atom is -0.393 e. The number of nitrogens with zero attached hydrogens (tertiary/aromatic N) is 2. The van der Waals surface area contributed by atoms with Crippen LogP contribution < -0.4 is 0 Å². The van der Waals surface area contributed by atoms with Gasteiger partial charge in [-0.05, 0) is 38.3 Å². The number of benzene rings is 1. The molecule has 1 aromatic carbocycles. The summed E-state index contributed by atoms with van der Waals surface area (Å²) in [4.78, 5) is 4.69. The molecule has 2 aromatic rings. The van der Waals surface area contributed by atoms with Crippen LogP contribution in [0.25, 0.3) is 11.0 Å². The fourth-order valence-corrected chi connectivity index (χ4v) is 2.63. The van der Waals surface area contributed by atoms with Crippen molar-refractivity contribution in [3.05, 3.63) is 30.1 Å². The molecule has 0 amide bonds. The van der Waals surface area contributed by atoms with Crippen molar-refractivity contribution in [2.45, 2.75) is 52.2 Å². The second-order valence-corrected chi connectivity index (χ2v) is 5.37. The molecule has 0 fully saturated rings. The van der Waals surface area contributed by atoms with Gasteiger partial charge in [0, 0.05) is 26.2 Å². The number of hydrogen-bond acceptors (Lipinski definition) is 3. The van der Waals surface area contributed by atoms with E-state index in [1.807, 2.05) is 25.1 Å². The van der Waals surface area contributed by atoms with Crippen molar-refractivity contribution in [2.24, 2.45) is 0 Å². The normalized spacial score (nSPS) is 12.9. The molecule has 1 N–H and O–H groups in total. The van der Waals surface area contributed by atoms with E-state index in [0.29, 0.717) is 6.42 Å². The zero-order chi connectivity index (χ0) is 15.1. The Balaban J connectivity index is 2.04. The van der Waals surface area contributed by atoms with Gasteiger partial charge in [0.25, 0.3) is 0 Å². The molecule has 0 spiro atoms. The Morgan fingerprint density at radius 3 is 2.86 bits per heavy atom. The first-order chi connectivity index (χ1) is 10.3. The minimum atomic E-state index is -0.349. The fraction of sp³-hybridized carbons (Fsp3) is 0.588. The first-order valence-corrected chi connectivity index (χ1v) is 7.96. The topological polar surface area (TPSA) is 47.3 Å². The molecule has 4 nitrogen and oxygen atoms in total. The molecule has 0 aliphatic heterocycles. The van der Waals surface area contributed by atoms with Crippen LogP contribution >= 0.6 is 0 Å². The van der Waals surface area contributed by atoms with E-state index in [9.17, 15) is 5.11 Å². The van der Waals surface area contributed by atoms with Crippen LogP contribution in [0.3, 0.4) is 0 Å². The Morgan fingerprint density at radius 1 is 1.29 bits per heavy atom. The lowest BCUT2D eigenvalue weighted by Crippen LogP contribution is -2.15. The number of imidazole rings is 1. The third-order valence-corrected chi connectivity index (χ3v) is 3.63. The van der Waals surface area contributed by atoms with E-state index in [4.69, 9.17) is 4.74 Å². The predicted octanol–water partition coefficient (Wildman–Crippen LogP) is 3.17. The maximum absolute atomic E-state index is 10.2. The van der Waals surface area contributed by atoms with Crippen molar-refractivity contribution in [3.8, 4) is 0 Å². The Kier molecular flexibility index (Phi) is 6.21. The fourth-order valence-electron chi connectivity index (χ4n) is 2.63. The lowest BCUT2D eigenvalue weighted by molar-refractivity contribution is 0.113. The van der Waals surface area contributed by atoms with Crippen molar-refractivity contribution in [3.63, 3.8) is 0 Å². The van der Waals surface area contributed by atoms with E-state index in [2.05, 4.69) is 22.5 Å². The third kappa shape index (κ3) is 4.29. The lowest BCUT2D eigenvalue weighted by atomic mass is 10.1. The Labute approximate surface area is 126 Å². The molecular weight excluding hydrogens is 264 g/mol. The summed E-state index contributed by atoms with van der Waals surface area (Å²) in [6, 6.07) is 8.18. The monoisotopic (exact) mass is 290 g/mol. The number of hydrogen-bond donors (Lipinski definition) is 1. The van der Waals surface area contributed by atoms with Gasteiger partial charge in [-0.2, -0.15) is 0 Å². The number of aryl methyl sites for hydroxylation is 1. The number of aliphatic hydroxyl groups is 1. The van der Waals surface area contributed by atoms with Crippen molar-refractivity contribution >= 4 is 11.0 Å². The van der Waals surface area contributed by atoms with Crippen LogP contribution in [-0.2, 0) is 17.7 Å². The van der Waals surface area contributed by atoms with Gasteiger partial charge in [-0.3, -0.25) is 0 Å². The molecule has 0 radical (unpaired) electrons. The van der Waals surface area contributed by atoms with Gasteiger partial charge in [0.2, 0.25) is 0 Å². The smallest absolute Gasteiger partial charge is 0.112 e. The molecule has 1 atom stereocenters. The summed E-state index contributed by atoms with van der Waals surface area (Å²) < 4.78 is 7.55. The van der Waals surface area contributed by atoms with Gasteiger partial charge < -0.3 is 14.4 Å². The molecule has 116 valence electrons. The minimum absolute atomic E-state index is 0.349. The molecule has 0 aliphatic carbocycles. The van der Waals surface area contributed by atoms with Crippen LogP contribution in [0, 0.1) is 0 Å². The average Bonchev–Trinajstić information content (AvgIpc) is 2.82. The summed E-state index contributed by atoms with van der Waals surface area (Å²) in [5, 5.41) is 10.2. The molecule has 4 heteroatoms. The number of fused-ring (bicyclic) bond motifs is 1. The van der Waals surface area contributed by atoms with Gasteiger partial charge in [0.05, 0.1) is 17.1 Å². The van der Waals surface area contributed by atoms with Crippen LogP contribution in [0.1, 0.15) is 38.9 Å². The quantitative estimate of drug-likeness (QED) is 0.722. The Bertz CT molecular complexity index is 551. The highest BCUT2D eigenvalue weighted by Gasteiger charge is 2.14. The molecule has 21 heavy (non-hydrogen) atoms. The van der Waals surface area contributed by atoms with Crippen molar-refractivity contribution in [1.29, 1.82) is 0 Å². The Morgan fingerprint density at radius 2 is 2.10 bits per heavy atom. The van der Waals surface area contributed by atoms with E-state index < -0.39 is 0 Å². The highest BCUT2D eigenvalue weighted by molar-refractivity contribution is 5.75. The van der Waals surface area contributed by atoms with Gasteiger partial charge in [0.15, 0.2) is 0 Å². The molecule has 0 aliphatic rings. The highest BCUT2D eigenvalue weighted by Crippen LogP contribution is 2.18. The van der Waals surface area contributed by atoms with Gasteiger partial charge >= 0.3 is 0 Å². The van der Waals surface area contributed by atoms with E-state index in [1.165, 1.54) is 0 Å². The molecular formula is C17H26N2O2. The van der Waals surface area contributed by atoms with Crippen LogP contribution in [0.15, 0.2) is 24.3 Å². The second-order valence-electron chi connectivity index (χ2n) is 5.37. The number of aromatic nitrogens is 2. The molecule has 1 heterocycles. The molecule has 0 bridgehead atoms. The van der Waals surface area contributed by atoms with E-state index in [0.717, 1.165) is 55.9 Å². The Hall–Kier alpha value is -1.39. The van der Waals surface area contributed by atoms with Crippen LogP contribution in [-0.4, -0.2) is 34.0 Å². The number of aliphatic hydroxyl groups excluding tert-OH is 1. The maximum atomic E-state index is 10.2. The van der Waals surface area contributed by atoms with E-state index >= 15 is 0 Å². The van der Waals surface area contributed by atoms with E-state index in [-0.39, 0.29) is 6.10 Å². The lowest BCUT2D eigenvalue weighted by Gasteiger charge is -2.12. The summed E-state index contributed by atoms with van der Waals surface area (Å²) in [5.41, 5.74) is 2.18. The van der Waals surface area contributed by atoms with Crippen LogP contribution in [0.4, 0.5) is 0 Å². The molecule has 1 aromatic heterocycles. The van der Waals surface area contributed by atoms with Crippen LogP contribution in [0.5, 0.6) is 0 Å². The molecule has 0 saturated carbocycles. The average molecular weight is 290 g/mol. The van der Waals surface area contributed by atoms with Crippen molar-refractivity contribution < 1.29 is 9.84 Å². The van der Waals surface area contributed by atoms with Crippen molar-refractivity contribution in [1.82, 2.24) is 9.55 Å². The summed E-state index contributed by atoms with van der Waals surface area (Å²) in [7, 11) is 0. The van der Waals surface area contributed by atoms with Crippen LogP contribution in [0.2, 0.25) is 0 Å². The summed E-state index contributed by atoms with van der Waals surface area (Å²) in [6.07, 6.45) is 2.98. The van der Waals surface area contributed by atoms with Gasteiger partial charge in [-0.1, -0.05) is 19.1 Å². The second kappa shape index (κ2) is 8.15. The molecule has 0 saturated heterocycles. The number of ether oxygens (including phenoxy) is 1. The van der Waals surface area contributed by atoms with Gasteiger partial charge in [-0.25, -0.2) is 4.98 Å². The van der Waals surface area contributed by atoms with Gasteiger partial charge in [-0.15, -0.1) is 0 Å². The van der Waals surface area contributed by atoms with Gasteiger partial charge in [0.1, 0.15) is 5.82 Å². The molecule has 1 unspecified atom stereocenters. The van der Waals surface area contributed by atoms with Crippen molar-refractivity contribution in [2.75, 3.05) is 13.2 Å². The maximum Gasteiger partial charge on any atom is 0.112 e. The predicted molar refractivity (Wildman–Crippen MR) is 85.5 cm³/mol. The SMILES string of the molecule is CCCn1c(CC(O)CCCOCC)nc2ccccc21. The zero-order valence-electron chi connectivity index (χ0n) is 13.1. The van der Waals surface area contributed by atoms with E-state index in [1.54, 1.807) is 0 Å². The number of para-hydroxylation sites is 2. The number of rotatable bonds is 9. The summed E-state index contributed by atoms with van der Waals surface area (Å²) in [6.45, 7) is 6.56. The zero-order valence-corrected chi connectivity index (χ0v) is 13.1. The summed E-state index contributed by atoms with van der Waals surface area (Å²) >= 11 is 0. The highest BCUT2D eigenvalue weighted by atomic mass is 16.5. The first kappa shape index (κ1) is 16.0.